The second kappa shape index (κ2) is 4.38. The van der Waals surface area contributed by atoms with E-state index in [1.165, 1.54) is 4.57 Å². The molecule has 2 N–H and O–H groups in total. The van der Waals surface area contributed by atoms with E-state index >= 15 is 0 Å². The van der Waals surface area contributed by atoms with Crippen molar-refractivity contribution in [2.75, 3.05) is 0 Å². The summed E-state index contributed by atoms with van der Waals surface area (Å²) in [6.07, 6.45) is 1.99. The van der Waals surface area contributed by atoms with Crippen molar-refractivity contribution in [3.05, 3.63) is 45.1 Å². The molecule has 1 saturated carbocycles. The Labute approximate surface area is 108 Å². The summed E-state index contributed by atoms with van der Waals surface area (Å²) in [4.78, 5) is 37.5. The van der Waals surface area contributed by atoms with Gasteiger partial charge in [-0.25, -0.2) is 4.79 Å². The third kappa shape index (κ3) is 2.29. The van der Waals surface area contributed by atoms with Gasteiger partial charge in [-0.15, -0.1) is 0 Å². The first-order valence-electron chi connectivity index (χ1n) is 6.16. The summed E-state index contributed by atoms with van der Waals surface area (Å²) in [6, 6.07) is 6.99. The van der Waals surface area contributed by atoms with E-state index in [2.05, 4.69) is 10.3 Å². The number of carbonyl (C=O) groups excluding carboxylic acids is 1. The number of amides is 1. The maximum Gasteiger partial charge on any atom is 0.329 e. The number of rotatable bonds is 3. The van der Waals surface area contributed by atoms with Crippen LogP contribution in [0.5, 0.6) is 0 Å². The van der Waals surface area contributed by atoms with Crippen LogP contribution in [0.2, 0.25) is 0 Å². The highest BCUT2D eigenvalue weighted by atomic mass is 16.2. The second-order valence-corrected chi connectivity index (χ2v) is 4.70. The molecule has 98 valence electrons. The number of carbonyl (C=O) groups is 1. The lowest BCUT2D eigenvalue weighted by molar-refractivity contribution is -0.121. The zero-order chi connectivity index (χ0) is 13.4. The molecule has 6 nitrogen and oxygen atoms in total. The van der Waals surface area contributed by atoms with E-state index in [4.69, 9.17) is 0 Å². The highest BCUT2D eigenvalue weighted by molar-refractivity contribution is 5.81. The van der Waals surface area contributed by atoms with Crippen LogP contribution in [0, 0.1) is 0 Å². The molecule has 0 spiro atoms. The topological polar surface area (TPSA) is 84.0 Å². The molecule has 1 aromatic heterocycles. The van der Waals surface area contributed by atoms with Gasteiger partial charge in [0.2, 0.25) is 5.91 Å². The van der Waals surface area contributed by atoms with Crippen LogP contribution in [-0.2, 0) is 11.3 Å². The fraction of sp³-hybridized carbons (Fsp3) is 0.308. The number of aromatic amines is 1. The third-order valence-electron chi connectivity index (χ3n) is 3.15. The van der Waals surface area contributed by atoms with Gasteiger partial charge in [-0.1, -0.05) is 12.1 Å². The lowest BCUT2D eigenvalue weighted by Gasteiger charge is -2.09. The molecule has 1 fully saturated rings. The minimum atomic E-state index is -0.561. The fourth-order valence-corrected chi connectivity index (χ4v) is 2.04. The number of fused-ring (bicyclic) bond motifs is 1. The zero-order valence-corrected chi connectivity index (χ0v) is 10.2. The highest BCUT2D eigenvalue weighted by Gasteiger charge is 2.23. The minimum Gasteiger partial charge on any atom is -0.352 e. The van der Waals surface area contributed by atoms with Crippen molar-refractivity contribution >= 4 is 16.8 Å². The predicted molar refractivity (Wildman–Crippen MR) is 70.0 cm³/mol. The summed E-state index contributed by atoms with van der Waals surface area (Å²) in [5, 5.41) is 3.22. The molecule has 0 unspecified atom stereocenters. The van der Waals surface area contributed by atoms with Gasteiger partial charge in [0.05, 0.1) is 10.9 Å². The number of hydrogen-bond acceptors (Lipinski definition) is 3. The van der Waals surface area contributed by atoms with Crippen LogP contribution in [0.1, 0.15) is 12.8 Å². The van der Waals surface area contributed by atoms with Gasteiger partial charge in [0.15, 0.2) is 0 Å². The monoisotopic (exact) mass is 259 g/mol. The summed E-state index contributed by atoms with van der Waals surface area (Å²) >= 11 is 0. The zero-order valence-electron chi connectivity index (χ0n) is 10.2. The Hall–Kier alpha value is -2.37. The summed E-state index contributed by atoms with van der Waals surface area (Å²) in [5.41, 5.74) is -0.517. The molecule has 2 aromatic rings. The van der Waals surface area contributed by atoms with Crippen molar-refractivity contribution in [3.8, 4) is 0 Å². The average Bonchev–Trinajstić information content (AvgIpc) is 3.18. The quantitative estimate of drug-likeness (QED) is 0.811. The van der Waals surface area contributed by atoms with Gasteiger partial charge >= 0.3 is 5.69 Å². The molecule has 1 aliphatic carbocycles. The molecule has 1 heterocycles. The Morgan fingerprint density at radius 2 is 2.05 bits per heavy atom. The van der Waals surface area contributed by atoms with Gasteiger partial charge in [0, 0.05) is 6.04 Å². The van der Waals surface area contributed by atoms with Crippen LogP contribution in [0.15, 0.2) is 33.9 Å². The van der Waals surface area contributed by atoms with Crippen LogP contribution in [0.3, 0.4) is 0 Å². The number of H-pyrrole nitrogens is 1. The Morgan fingerprint density at radius 3 is 2.79 bits per heavy atom. The first-order chi connectivity index (χ1) is 9.15. The van der Waals surface area contributed by atoms with E-state index < -0.39 is 11.2 Å². The highest BCUT2D eigenvalue weighted by Crippen LogP contribution is 2.18. The molecule has 1 amide bonds. The molecule has 0 bridgehead atoms. The van der Waals surface area contributed by atoms with E-state index in [0.717, 1.165) is 12.8 Å². The number of nitrogens with one attached hydrogen (secondary N) is 2. The smallest absolute Gasteiger partial charge is 0.329 e. The third-order valence-corrected chi connectivity index (χ3v) is 3.15. The Morgan fingerprint density at radius 1 is 1.32 bits per heavy atom. The molecule has 1 aliphatic rings. The molecule has 0 aliphatic heterocycles. The molecule has 0 radical (unpaired) electrons. The molecule has 19 heavy (non-hydrogen) atoms. The Balaban J connectivity index is 2.04. The van der Waals surface area contributed by atoms with Gasteiger partial charge in [-0.3, -0.25) is 19.1 Å². The number of benzene rings is 1. The SMILES string of the molecule is O=C(Cn1c(=O)[nH]c(=O)c2ccccc21)NC1CC1. The van der Waals surface area contributed by atoms with E-state index in [1.54, 1.807) is 24.3 Å². The summed E-state index contributed by atoms with van der Waals surface area (Å²) < 4.78 is 1.29. The standard InChI is InChI=1S/C13H13N3O3/c17-11(14-8-5-6-8)7-16-10-4-2-1-3-9(10)12(18)15-13(16)19/h1-4,8H,5-7H2,(H,14,17)(H,15,18,19). The first kappa shape index (κ1) is 11.7. The average molecular weight is 259 g/mol. The first-order valence-corrected chi connectivity index (χ1v) is 6.16. The van der Waals surface area contributed by atoms with Crippen LogP contribution < -0.4 is 16.6 Å². The van der Waals surface area contributed by atoms with Gasteiger partial charge in [-0.05, 0) is 25.0 Å². The second-order valence-electron chi connectivity index (χ2n) is 4.70. The Bertz CT molecular complexity index is 756. The fourth-order valence-electron chi connectivity index (χ4n) is 2.04. The summed E-state index contributed by atoms with van der Waals surface area (Å²) in [6.45, 7) is -0.0768. The van der Waals surface area contributed by atoms with Crippen molar-refractivity contribution < 1.29 is 4.79 Å². The maximum atomic E-state index is 11.8. The molecular formula is C13H13N3O3. The van der Waals surface area contributed by atoms with Crippen LogP contribution in [-0.4, -0.2) is 21.5 Å². The molecule has 3 rings (SSSR count). The van der Waals surface area contributed by atoms with Gasteiger partial charge < -0.3 is 5.32 Å². The van der Waals surface area contributed by atoms with Crippen LogP contribution >= 0.6 is 0 Å². The van der Waals surface area contributed by atoms with E-state index in [-0.39, 0.29) is 18.5 Å². The van der Waals surface area contributed by atoms with Crippen molar-refractivity contribution in [2.24, 2.45) is 0 Å². The van der Waals surface area contributed by atoms with Gasteiger partial charge in [-0.2, -0.15) is 0 Å². The largest absolute Gasteiger partial charge is 0.352 e. The number of para-hydroxylation sites is 1. The van der Waals surface area contributed by atoms with Crippen molar-refractivity contribution in [1.82, 2.24) is 14.9 Å². The molecule has 0 saturated heterocycles. The predicted octanol–water partition coefficient (Wildman–Crippen LogP) is -0.0316. The molecular weight excluding hydrogens is 246 g/mol. The van der Waals surface area contributed by atoms with E-state index in [1.807, 2.05) is 0 Å². The lowest BCUT2D eigenvalue weighted by Crippen LogP contribution is -2.37. The Kier molecular flexibility index (Phi) is 2.70. The maximum absolute atomic E-state index is 11.8. The number of aromatic nitrogens is 2. The lowest BCUT2D eigenvalue weighted by atomic mass is 10.2. The molecule has 1 aromatic carbocycles. The van der Waals surface area contributed by atoms with Crippen LogP contribution in [0.4, 0.5) is 0 Å². The van der Waals surface area contributed by atoms with E-state index in [9.17, 15) is 14.4 Å². The summed E-state index contributed by atoms with van der Waals surface area (Å²) in [7, 11) is 0. The van der Waals surface area contributed by atoms with Crippen LogP contribution in [0.25, 0.3) is 10.9 Å². The minimum absolute atomic E-state index is 0.0768. The van der Waals surface area contributed by atoms with E-state index in [0.29, 0.717) is 10.9 Å². The van der Waals surface area contributed by atoms with Crippen molar-refractivity contribution in [2.45, 2.75) is 25.4 Å². The molecule has 6 heteroatoms. The van der Waals surface area contributed by atoms with Crippen molar-refractivity contribution in [1.29, 1.82) is 0 Å². The summed E-state index contributed by atoms with van der Waals surface area (Å²) in [5.74, 6) is -0.207. The number of hydrogen-bond donors (Lipinski definition) is 2. The normalized spacial score (nSPS) is 14.5. The van der Waals surface area contributed by atoms with Gasteiger partial charge in [0.1, 0.15) is 6.54 Å². The molecule has 0 atom stereocenters. The number of nitrogens with zero attached hydrogens (tertiary/aromatic N) is 1. The van der Waals surface area contributed by atoms with Gasteiger partial charge in [0.25, 0.3) is 5.56 Å². The van der Waals surface area contributed by atoms with Crippen molar-refractivity contribution in [3.63, 3.8) is 0 Å².